The van der Waals surface area contributed by atoms with Crippen LogP contribution in [-0.2, 0) is 4.79 Å². The fraction of sp³-hybridized carbons (Fsp3) is 0.250. The van der Waals surface area contributed by atoms with Gasteiger partial charge in [-0.2, -0.15) is 5.10 Å². The Bertz CT molecular complexity index is 596. The normalized spacial score (nSPS) is 12.8. The zero-order valence-corrected chi connectivity index (χ0v) is 10.8. The molecule has 1 aromatic heterocycles. The predicted octanol–water partition coefficient (Wildman–Crippen LogP) is 2.38. The summed E-state index contributed by atoms with van der Waals surface area (Å²) in [4.78, 5) is 15.6. The molecule has 1 atom stereocenters. The molecule has 2 rings (SSSR count). The standard InChI is InChI=1S/C12H11F3N4O2/c1-8(19-7-16-6-17-19)11(20)18-9-2-4-10(5-3-9)21-12(13,14)15/h2-8H,1H3,(H,18,20)/t8-/m0/s1. The van der Waals surface area contributed by atoms with Crippen molar-refractivity contribution in [3.8, 4) is 5.75 Å². The molecule has 0 bridgehead atoms. The van der Waals surface area contributed by atoms with Crippen LogP contribution in [0.25, 0.3) is 0 Å². The number of alkyl halides is 3. The van der Waals surface area contributed by atoms with Gasteiger partial charge in [0.15, 0.2) is 0 Å². The molecule has 0 saturated heterocycles. The second-order valence-electron chi connectivity index (χ2n) is 4.11. The van der Waals surface area contributed by atoms with Crippen molar-refractivity contribution in [2.24, 2.45) is 0 Å². The Hall–Kier alpha value is -2.58. The van der Waals surface area contributed by atoms with Gasteiger partial charge < -0.3 is 10.1 Å². The molecule has 0 saturated carbocycles. The van der Waals surface area contributed by atoms with Crippen molar-refractivity contribution in [2.45, 2.75) is 19.3 Å². The highest BCUT2D eigenvalue weighted by Crippen LogP contribution is 2.24. The fourth-order valence-electron chi connectivity index (χ4n) is 1.52. The molecule has 0 aliphatic carbocycles. The number of hydrogen-bond donors (Lipinski definition) is 1. The molecule has 2 aromatic rings. The van der Waals surface area contributed by atoms with E-state index in [1.54, 1.807) is 6.92 Å². The number of anilines is 1. The van der Waals surface area contributed by atoms with Crippen LogP contribution in [0.4, 0.5) is 18.9 Å². The summed E-state index contributed by atoms with van der Waals surface area (Å²) in [5, 5.41) is 6.39. The average molecular weight is 300 g/mol. The van der Waals surface area contributed by atoms with Gasteiger partial charge in [-0.3, -0.25) is 4.79 Å². The number of benzene rings is 1. The summed E-state index contributed by atoms with van der Waals surface area (Å²) in [7, 11) is 0. The fourth-order valence-corrected chi connectivity index (χ4v) is 1.52. The number of amides is 1. The number of nitrogens with zero attached hydrogens (tertiary/aromatic N) is 3. The molecule has 0 unspecified atom stereocenters. The van der Waals surface area contributed by atoms with Crippen LogP contribution in [0.5, 0.6) is 5.75 Å². The number of rotatable bonds is 4. The molecule has 0 fully saturated rings. The van der Waals surface area contributed by atoms with Crippen molar-refractivity contribution >= 4 is 11.6 Å². The van der Waals surface area contributed by atoms with Gasteiger partial charge >= 0.3 is 6.36 Å². The van der Waals surface area contributed by atoms with Crippen molar-refractivity contribution in [2.75, 3.05) is 5.32 Å². The van der Waals surface area contributed by atoms with Crippen LogP contribution in [0.2, 0.25) is 0 Å². The molecule has 9 heteroatoms. The van der Waals surface area contributed by atoms with Gasteiger partial charge in [-0.1, -0.05) is 0 Å². The first-order chi connectivity index (χ1) is 9.85. The minimum Gasteiger partial charge on any atom is -0.406 e. The van der Waals surface area contributed by atoms with Crippen LogP contribution in [0.1, 0.15) is 13.0 Å². The molecular weight excluding hydrogens is 289 g/mol. The third kappa shape index (κ3) is 4.20. The van der Waals surface area contributed by atoms with Gasteiger partial charge in [0.1, 0.15) is 24.4 Å². The van der Waals surface area contributed by atoms with E-state index in [-0.39, 0.29) is 11.7 Å². The van der Waals surface area contributed by atoms with E-state index in [0.717, 1.165) is 12.1 Å². The van der Waals surface area contributed by atoms with E-state index in [1.807, 2.05) is 0 Å². The average Bonchev–Trinajstić information content (AvgIpc) is 2.92. The predicted molar refractivity (Wildman–Crippen MR) is 66.5 cm³/mol. The minimum atomic E-state index is -4.74. The maximum atomic E-state index is 12.0. The maximum absolute atomic E-state index is 12.0. The highest BCUT2D eigenvalue weighted by Gasteiger charge is 2.31. The first-order valence-electron chi connectivity index (χ1n) is 5.86. The largest absolute Gasteiger partial charge is 0.573 e. The lowest BCUT2D eigenvalue weighted by atomic mass is 10.2. The second-order valence-corrected chi connectivity index (χ2v) is 4.11. The summed E-state index contributed by atoms with van der Waals surface area (Å²) in [6, 6.07) is 4.26. The summed E-state index contributed by atoms with van der Waals surface area (Å²) in [5.41, 5.74) is 0.349. The van der Waals surface area contributed by atoms with E-state index in [2.05, 4.69) is 20.1 Å². The first-order valence-corrected chi connectivity index (χ1v) is 5.86. The van der Waals surface area contributed by atoms with Crippen LogP contribution in [0, 0.1) is 0 Å². The van der Waals surface area contributed by atoms with Crippen molar-refractivity contribution in [3.63, 3.8) is 0 Å². The van der Waals surface area contributed by atoms with Crippen molar-refractivity contribution < 1.29 is 22.7 Å². The maximum Gasteiger partial charge on any atom is 0.573 e. The number of nitrogens with one attached hydrogen (secondary N) is 1. The van der Waals surface area contributed by atoms with Crippen LogP contribution in [-0.4, -0.2) is 27.0 Å². The molecule has 0 aliphatic rings. The Morgan fingerprint density at radius 1 is 1.33 bits per heavy atom. The highest BCUT2D eigenvalue weighted by atomic mass is 19.4. The Labute approximate surface area is 117 Å². The van der Waals surface area contributed by atoms with Gasteiger partial charge in [0.05, 0.1) is 0 Å². The zero-order chi connectivity index (χ0) is 15.5. The minimum absolute atomic E-state index is 0.349. The van der Waals surface area contributed by atoms with E-state index >= 15 is 0 Å². The van der Waals surface area contributed by atoms with E-state index in [9.17, 15) is 18.0 Å². The summed E-state index contributed by atoms with van der Waals surface area (Å²) >= 11 is 0. The lowest BCUT2D eigenvalue weighted by molar-refractivity contribution is -0.274. The molecule has 1 aromatic carbocycles. The van der Waals surface area contributed by atoms with Gasteiger partial charge in [0.2, 0.25) is 5.91 Å². The van der Waals surface area contributed by atoms with Crippen molar-refractivity contribution in [3.05, 3.63) is 36.9 Å². The topological polar surface area (TPSA) is 69.0 Å². The second kappa shape index (κ2) is 5.81. The Morgan fingerprint density at radius 2 is 2.00 bits per heavy atom. The third-order valence-corrected chi connectivity index (χ3v) is 2.57. The Balaban J connectivity index is 1.98. The lowest BCUT2D eigenvalue weighted by Crippen LogP contribution is -2.24. The Morgan fingerprint density at radius 3 is 2.52 bits per heavy atom. The molecule has 0 aliphatic heterocycles. The van der Waals surface area contributed by atoms with Crippen LogP contribution >= 0.6 is 0 Å². The molecule has 21 heavy (non-hydrogen) atoms. The molecule has 1 amide bonds. The van der Waals surface area contributed by atoms with E-state index in [1.165, 1.54) is 29.5 Å². The van der Waals surface area contributed by atoms with Gasteiger partial charge in [-0.15, -0.1) is 13.2 Å². The van der Waals surface area contributed by atoms with Crippen LogP contribution in [0.15, 0.2) is 36.9 Å². The highest BCUT2D eigenvalue weighted by molar-refractivity contribution is 5.93. The SMILES string of the molecule is C[C@@H](C(=O)Nc1ccc(OC(F)(F)F)cc1)n1cncn1. The molecule has 112 valence electrons. The number of carbonyl (C=O) groups is 1. The van der Waals surface area contributed by atoms with E-state index < -0.39 is 12.4 Å². The summed E-state index contributed by atoms with van der Waals surface area (Å²) in [6.45, 7) is 1.62. The van der Waals surface area contributed by atoms with E-state index in [0.29, 0.717) is 5.69 Å². The number of carbonyl (C=O) groups excluding carboxylic acids is 1. The molecular formula is C12H11F3N4O2. The number of ether oxygens (including phenoxy) is 1. The van der Waals surface area contributed by atoms with Crippen LogP contribution in [0.3, 0.4) is 0 Å². The van der Waals surface area contributed by atoms with Gasteiger partial charge in [0.25, 0.3) is 0 Å². The van der Waals surface area contributed by atoms with Gasteiger partial charge in [0, 0.05) is 5.69 Å². The molecule has 1 N–H and O–H groups in total. The van der Waals surface area contributed by atoms with Crippen molar-refractivity contribution in [1.29, 1.82) is 0 Å². The smallest absolute Gasteiger partial charge is 0.406 e. The monoisotopic (exact) mass is 300 g/mol. The lowest BCUT2D eigenvalue weighted by Gasteiger charge is -2.13. The number of halogens is 3. The molecule has 0 spiro atoms. The molecule has 0 radical (unpaired) electrons. The third-order valence-electron chi connectivity index (χ3n) is 2.57. The van der Waals surface area contributed by atoms with Crippen molar-refractivity contribution in [1.82, 2.24) is 14.8 Å². The first kappa shape index (κ1) is 14.8. The van der Waals surface area contributed by atoms with E-state index in [4.69, 9.17) is 0 Å². The summed E-state index contributed by atoms with van der Waals surface area (Å²) < 4.78 is 41.1. The molecule has 1 heterocycles. The summed E-state index contributed by atoms with van der Waals surface area (Å²) in [6.07, 6.45) is -2.05. The number of aromatic nitrogens is 3. The molecule has 6 nitrogen and oxygen atoms in total. The Kier molecular flexibility index (Phi) is 4.10. The quantitative estimate of drug-likeness (QED) is 0.941. The van der Waals surface area contributed by atoms with Gasteiger partial charge in [-0.25, -0.2) is 9.67 Å². The zero-order valence-electron chi connectivity index (χ0n) is 10.8. The summed E-state index contributed by atoms with van der Waals surface area (Å²) in [5.74, 6) is -0.727. The van der Waals surface area contributed by atoms with Crippen LogP contribution < -0.4 is 10.1 Å². The number of hydrogen-bond acceptors (Lipinski definition) is 4. The van der Waals surface area contributed by atoms with Gasteiger partial charge in [-0.05, 0) is 31.2 Å².